The van der Waals surface area contributed by atoms with Crippen molar-refractivity contribution in [3.05, 3.63) is 29.3 Å². The normalized spacial score (nSPS) is 24.2. The van der Waals surface area contributed by atoms with Crippen LogP contribution in [0.2, 0.25) is 0 Å². The quantitative estimate of drug-likeness (QED) is 0.875. The van der Waals surface area contributed by atoms with Crippen LogP contribution in [0.3, 0.4) is 0 Å². The summed E-state index contributed by atoms with van der Waals surface area (Å²) in [5, 5.41) is 3.56. The molecule has 2 rings (SSSR count). The van der Waals surface area contributed by atoms with E-state index in [9.17, 15) is 4.79 Å². The molecule has 0 bridgehead atoms. The van der Waals surface area contributed by atoms with Crippen LogP contribution < -0.4 is 11.1 Å². The van der Waals surface area contributed by atoms with Gasteiger partial charge in [-0.05, 0) is 51.4 Å². The molecule has 4 nitrogen and oxygen atoms in total. The van der Waals surface area contributed by atoms with E-state index in [1.807, 2.05) is 19.1 Å². The first kappa shape index (κ1) is 13.9. The van der Waals surface area contributed by atoms with E-state index in [-0.39, 0.29) is 5.91 Å². The minimum absolute atomic E-state index is 0.363. The van der Waals surface area contributed by atoms with Gasteiger partial charge in [0, 0.05) is 29.9 Å². The van der Waals surface area contributed by atoms with Crippen molar-refractivity contribution in [2.24, 2.45) is 5.73 Å². The summed E-state index contributed by atoms with van der Waals surface area (Å²) in [4.78, 5) is 13.7. The Labute approximate surface area is 115 Å². The highest BCUT2D eigenvalue weighted by Gasteiger charge is 2.23. The Kier molecular flexibility index (Phi) is 4.10. The molecule has 2 atom stereocenters. The lowest BCUT2D eigenvalue weighted by Gasteiger charge is -2.36. The summed E-state index contributed by atoms with van der Waals surface area (Å²) in [6.45, 7) is 5.30. The second-order valence-corrected chi connectivity index (χ2v) is 5.54. The van der Waals surface area contributed by atoms with Crippen LogP contribution in [0, 0.1) is 6.92 Å². The van der Waals surface area contributed by atoms with Gasteiger partial charge in [-0.15, -0.1) is 0 Å². The molecule has 3 N–H and O–H groups in total. The van der Waals surface area contributed by atoms with Crippen LogP contribution in [0.4, 0.5) is 5.69 Å². The van der Waals surface area contributed by atoms with Gasteiger partial charge in [-0.1, -0.05) is 6.07 Å². The smallest absolute Gasteiger partial charge is 0.249 e. The summed E-state index contributed by atoms with van der Waals surface area (Å²) in [6, 6.07) is 6.73. The monoisotopic (exact) mass is 261 g/mol. The van der Waals surface area contributed by atoms with Crippen molar-refractivity contribution < 1.29 is 4.79 Å². The van der Waals surface area contributed by atoms with Gasteiger partial charge in [-0.3, -0.25) is 4.79 Å². The van der Waals surface area contributed by atoms with E-state index < -0.39 is 0 Å². The molecule has 1 saturated heterocycles. The highest BCUT2D eigenvalue weighted by Crippen LogP contribution is 2.24. The fourth-order valence-corrected chi connectivity index (χ4v) is 2.70. The number of nitrogens with zero attached hydrogens (tertiary/aromatic N) is 1. The van der Waals surface area contributed by atoms with Crippen molar-refractivity contribution in [2.75, 3.05) is 18.9 Å². The largest absolute Gasteiger partial charge is 0.382 e. The number of anilines is 1. The molecule has 1 heterocycles. The van der Waals surface area contributed by atoms with Crippen LogP contribution in [0.1, 0.15) is 35.7 Å². The highest BCUT2D eigenvalue weighted by molar-refractivity contribution is 5.95. The predicted octanol–water partition coefficient (Wildman–Crippen LogP) is 1.99. The number of amides is 1. The van der Waals surface area contributed by atoms with Crippen LogP contribution in [-0.2, 0) is 0 Å². The standard InChI is InChI=1S/C15H23N3O/c1-10-9-12(7-8-18(10)3)17-14-6-4-5-13(11(14)2)15(16)19/h4-6,10,12,17H,7-9H2,1-3H3,(H2,16,19). The third kappa shape index (κ3) is 3.07. The zero-order chi connectivity index (χ0) is 14.0. The molecule has 0 spiro atoms. The van der Waals surface area contributed by atoms with Gasteiger partial charge >= 0.3 is 0 Å². The summed E-state index contributed by atoms with van der Waals surface area (Å²) in [6.07, 6.45) is 2.25. The van der Waals surface area contributed by atoms with E-state index in [0.29, 0.717) is 17.6 Å². The molecular weight excluding hydrogens is 238 g/mol. The number of likely N-dealkylation sites (tertiary alicyclic amines) is 1. The SMILES string of the molecule is Cc1c(NC2CCN(C)C(C)C2)cccc1C(N)=O. The molecule has 1 amide bonds. The van der Waals surface area contributed by atoms with E-state index in [0.717, 1.165) is 30.6 Å². The van der Waals surface area contributed by atoms with Crippen molar-refractivity contribution in [3.63, 3.8) is 0 Å². The molecule has 1 aliphatic heterocycles. The molecule has 0 aliphatic carbocycles. The number of primary amides is 1. The Morgan fingerprint density at radius 1 is 1.47 bits per heavy atom. The molecule has 1 aromatic carbocycles. The lowest BCUT2D eigenvalue weighted by molar-refractivity contribution is 0.0999. The molecule has 0 radical (unpaired) electrons. The number of rotatable bonds is 3. The number of carbonyl (C=O) groups is 1. The Morgan fingerprint density at radius 2 is 2.21 bits per heavy atom. The molecule has 0 saturated carbocycles. The molecule has 2 unspecified atom stereocenters. The van der Waals surface area contributed by atoms with Gasteiger partial charge in [0.1, 0.15) is 0 Å². The van der Waals surface area contributed by atoms with E-state index in [1.54, 1.807) is 6.07 Å². The van der Waals surface area contributed by atoms with E-state index in [1.165, 1.54) is 0 Å². The highest BCUT2D eigenvalue weighted by atomic mass is 16.1. The van der Waals surface area contributed by atoms with Crippen LogP contribution in [0.25, 0.3) is 0 Å². The van der Waals surface area contributed by atoms with E-state index in [2.05, 4.69) is 24.2 Å². The lowest BCUT2D eigenvalue weighted by atomic mass is 9.97. The van der Waals surface area contributed by atoms with Crippen molar-refractivity contribution in [3.8, 4) is 0 Å². The zero-order valence-corrected chi connectivity index (χ0v) is 11.9. The minimum Gasteiger partial charge on any atom is -0.382 e. The van der Waals surface area contributed by atoms with E-state index >= 15 is 0 Å². The lowest BCUT2D eigenvalue weighted by Crippen LogP contribution is -2.42. The van der Waals surface area contributed by atoms with Crippen LogP contribution >= 0.6 is 0 Å². The average Bonchev–Trinajstić information content (AvgIpc) is 2.36. The number of nitrogens with one attached hydrogen (secondary N) is 1. The number of nitrogens with two attached hydrogens (primary N) is 1. The van der Waals surface area contributed by atoms with Crippen molar-refractivity contribution >= 4 is 11.6 Å². The maximum atomic E-state index is 11.3. The molecule has 4 heteroatoms. The second kappa shape index (κ2) is 5.61. The topological polar surface area (TPSA) is 58.4 Å². The number of hydrogen-bond donors (Lipinski definition) is 2. The van der Waals surface area contributed by atoms with E-state index in [4.69, 9.17) is 5.73 Å². The average molecular weight is 261 g/mol. The van der Waals surface area contributed by atoms with Crippen LogP contribution in [-0.4, -0.2) is 36.5 Å². The van der Waals surface area contributed by atoms with Gasteiger partial charge in [-0.2, -0.15) is 0 Å². The summed E-state index contributed by atoms with van der Waals surface area (Å²) < 4.78 is 0. The molecule has 1 aliphatic rings. The van der Waals surface area contributed by atoms with Gasteiger partial charge in [0.2, 0.25) is 5.91 Å². The molecular formula is C15H23N3O. The maximum Gasteiger partial charge on any atom is 0.249 e. The first-order chi connectivity index (χ1) is 8.99. The maximum absolute atomic E-state index is 11.3. The van der Waals surface area contributed by atoms with Crippen molar-refractivity contribution in [1.82, 2.24) is 4.90 Å². The summed E-state index contributed by atoms with van der Waals surface area (Å²) in [5.74, 6) is -0.363. The Morgan fingerprint density at radius 3 is 2.84 bits per heavy atom. The number of carbonyl (C=O) groups excluding carboxylic acids is 1. The molecule has 1 aromatic rings. The van der Waals surface area contributed by atoms with Gasteiger partial charge in [-0.25, -0.2) is 0 Å². The number of piperidine rings is 1. The summed E-state index contributed by atoms with van der Waals surface area (Å²) in [7, 11) is 2.17. The molecule has 19 heavy (non-hydrogen) atoms. The number of hydrogen-bond acceptors (Lipinski definition) is 3. The van der Waals surface area contributed by atoms with Crippen LogP contribution in [0.5, 0.6) is 0 Å². The zero-order valence-electron chi connectivity index (χ0n) is 11.9. The Hall–Kier alpha value is -1.55. The molecule has 0 aromatic heterocycles. The van der Waals surface area contributed by atoms with Gasteiger partial charge in [0.15, 0.2) is 0 Å². The van der Waals surface area contributed by atoms with Crippen molar-refractivity contribution in [1.29, 1.82) is 0 Å². The summed E-state index contributed by atoms with van der Waals surface area (Å²) >= 11 is 0. The fraction of sp³-hybridized carbons (Fsp3) is 0.533. The van der Waals surface area contributed by atoms with Crippen LogP contribution in [0.15, 0.2) is 18.2 Å². The van der Waals surface area contributed by atoms with Crippen molar-refractivity contribution in [2.45, 2.75) is 38.8 Å². The third-order valence-electron chi connectivity index (χ3n) is 4.17. The van der Waals surface area contributed by atoms with Gasteiger partial charge in [0.25, 0.3) is 0 Å². The number of benzene rings is 1. The van der Waals surface area contributed by atoms with Gasteiger partial charge < -0.3 is 16.0 Å². The first-order valence-corrected chi connectivity index (χ1v) is 6.85. The first-order valence-electron chi connectivity index (χ1n) is 6.85. The molecule has 104 valence electrons. The Bertz CT molecular complexity index is 472. The minimum atomic E-state index is -0.363. The predicted molar refractivity (Wildman–Crippen MR) is 78.4 cm³/mol. The second-order valence-electron chi connectivity index (χ2n) is 5.54. The fourth-order valence-electron chi connectivity index (χ4n) is 2.70. The third-order valence-corrected chi connectivity index (χ3v) is 4.17. The van der Waals surface area contributed by atoms with Gasteiger partial charge in [0.05, 0.1) is 0 Å². The summed E-state index contributed by atoms with van der Waals surface area (Å²) in [5.41, 5.74) is 7.96. The Balaban J connectivity index is 2.11. The molecule has 1 fully saturated rings.